The van der Waals surface area contributed by atoms with Crippen LogP contribution in [-0.4, -0.2) is 17.1 Å². The fraction of sp³-hybridized carbons (Fsp3) is 0.250. The van der Waals surface area contributed by atoms with E-state index in [1.165, 1.54) is 10.6 Å². The van der Waals surface area contributed by atoms with Gasteiger partial charge in [-0.2, -0.15) is 0 Å². The van der Waals surface area contributed by atoms with Crippen LogP contribution >= 0.6 is 23.2 Å². The summed E-state index contributed by atoms with van der Waals surface area (Å²) in [5.74, 6) is -0.612. The molecule has 0 amide bonds. The van der Waals surface area contributed by atoms with Crippen LogP contribution in [-0.2, 0) is 11.3 Å². The third-order valence-electron chi connectivity index (χ3n) is 3.06. The van der Waals surface area contributed by atoms with Gasteiger partial charge in [0.25, 0.3) is 5.56 Å². The summed E-state index contributed by atoms with van der Waals surface area (Å²) < 4.78 is 6.37. The van der Waals surface area contributed by atoms with Crippen molar-refractivity contribution in [1.82, 2.24) is 4.57 Å². The predicted octanol–water partition coefficient (Wildman–Crippen LogP) is 3.69. The summed E-state index contributed by atoms with van der Waals surface area (Å²) >= 11 is 11.9. The van der Waals surface area contributed by atoms with Crippen molar-refractivity contribution in [3.05, 3.63) is 67.6 Å². The highest BCUT2D eigenvalue weighted by Gasteiger charge is 2.14. The summed E-state index contributed by atoms with van der Waals surface area (Å²) in [6, 6.07) is 6.69. The van der Waals surface area contributed by atoms with Crippen molar-refractivity contribution >= 4 is 29.2 Å². The van der Waals surface area contributed by atoms with Gasteiger partial charge < -0.3 is 9.30 Å². The van der Waals surface area contributed by atoms with Crippen LogP contribution in [0.5, 0.6) is 0 Å². The van der Waals surface area contributed by atoms with E-state index < -0.39 is 11.5 Å². The zero-order valence-electron chi connectivity index (χ0n) is 12.2. The number of ether oxygens (including phenoxy) is 1. The number of carbonyl (C=O) groups is 1. The Morgan fingerprint density at radius 1 is 1.23 bits per heavy atom. The number of hydrogen-bond acceptors (Lipinski definition) is 3. The molecule has 1 aromatic heterocycles. The number of pyridine rings is 1. The Balaban J connectivity index is 2.41. The Kier molecular flexibility index (Phi) is 5.27. The molecule has 6 heteroatoms. The Hall–Kier alpha value is -1.78. The highest BCUT2D eigenvalue weighted by molar-refractivity contribution is 6.42. The van der Waals surface area contributed by atoms with Crippen molar-refractivity contribution < 1.29 is 9.53 Å². The van der Waals surface area contributed by atoms with Gasteiger partial charge >= 0.3 is 5.97 Å². The fourth-order valence-electron chi connectivity index (χ4n) is 2.09. The number of hydrogen-bond donors (Lipinski definition) is 0. The summed E-state index contributed by atoms with van der Waals surface area (Å²) in [7, 11) is 0. The number of rotatable bonds is 4. The van der Waals surface area contributed by atoms with Gasteiger partial charge in [0.1, 0.15) is 5.56 Å². The molecule has 1 aromatic carbocycles. The fourth-order valence-corrected chi connectivity index (χ4v) is 2.41. The van der Waals surface area contributed by atoms with E-state index in [2.05, 4.69) is 0 Å². The minimum Gasteiger partial charge on any atom is -0.462 e. The van der Waals surface area contributed by atoms with Gasteiger partial charge in [0.2, 0.25) is 0 Å². The second-order valence-electron chi connectivity index (χ2n) is 4.83. The highest BCUT2D eigenvalue weighted by Crippen LogP contribution is 2.22. The quantitative estimate of drug-likeness (QED) is 0.798. The van der Waals surface area contributed by atoms with E-state index in [-0.39, 0.29) is 12.2 Å². The van der Waals surface area contributed by atoms with Crippen molar-refractivity contribution in [2.75, 3.05) is 6.61 Å². The first-order valence-electron chi connectivity index (χ1n) is 6.74. The first-order chi connectivity index (χ1) is 10.4. The monoisotopic (exact) mass is 339 g/mol. The number of halogens is 2. The van der Waals surface area contributed by atoms with Crippen molar-refractivity contribution in [3.63, 3.8) is 0 Å². The van der Waals surface area contributed by atoms with E-state index in [1.54, 1.807) is 31.3 Å². The molecule has 0 fully saturated rings. The summed E-state index contributed by atoms with van der Waals surface area (Å²) in [6.07, 6.45) is 1.69. The molecule has 0 spiro atoms. The van der Waals surface area contributed by atoms with Gasteiger partial charge in [0.15, 0.2) is 0 Å². The topological polar surface area (TPSA) is 48.3 Å². The van der Waals surface area contributed by atoms with Crippen LogP contribution in [0.2, 0.25) is 10.0 Å². The van der Waals surface area contributed by atoms with Gasteiger partial charge in [-0.05, 0) is 43.2 Å². The molecule has 22 heavy (non-hydrogen) atoms. The Labute approximate surface area is 138 Å². The van der Waals surface area contributed by atoms with Crippen LogP contribution in [0, 0.1) is 6.92 Å². The van der Waals surface area contributed by atoms with E-state index in [4.69, 9.17) is 27.9 Å². The largest absolute Gasteiger partial charge is 0.462 e. The summed E-state index contributed by atoms with van der Waals surface area (Å²) in [4.78, 5) is 24.2. The molecule has 116 valence electrons. The number of carbonyl (C=O) groups excluding carboxylic acids is 1. The number of nitrogens with zero attached hydrogens (tertiary/aromatic N) is 1. The molecule has 0 unspecified atom stereocenters. The maximum absolute atomic E-state index is 12.4. The molecule has 1 heterocycles. The lowest BCUT2D eigenvalue weighted by Gasteiger charge is -2.10. The van der Waals surface area contributed by atoms with Gasteiger partial charge in [0, 0.05) is 6.20 Å². The second-order valence-corrected chi connectivity index (χ2v) is 5.65. The normalized spacial score (nSPS) is 10.5. The first-order valence-corrected chi connectivity index (χ1v) is 7.50. The minimum atomic E-state index is -0.612. The highest BCUT2D eigenvalue weighted by atomic mass is 35.5. The van der Waals surface area contributed by atoms with Gasteiger partial charge in [-0.15, -0.1) is 0 Å². The van der Waals surface area contributed by atoms with Gasteiger partial charge in [-0.1, -0.05) is 29.3 Å². The summed E-state index contributed by atoms with van der Waals surface area (Å²) in [5.41, 5.74) is 1.25. The molecule has 0 saturated carbocycles. The van der Waals surface area contributed by atoms with Crippen LogP contribution in [0.4, 0.5) is 0 Å². The van der Waals surface area contributed by atoms with E-state index in [0.717, 1.165) is 11.1 Å². The van der Waals surface area contributed by atoms with E-state index in [0.29, 0.717) is 16.6 Å². The first kappa shape index (κ1) is 16.6. The lowest BCUT2D eigenvalue weighted by atomic mass is 10.2. The smallest absolute Gasteiger partial charge is 0.343 e. The Bertz CT molecular complexity index is 768. The van der Waals surface area contributed by atoms with E-state index in [1.807, 2.05) is 6.92 Å². The Morgan fingerprint density at radius 2 is 1.95 bits per heavy atom. The van der Waals surface area contributed by atoms with Gasteiger partial charge in [0.05, 0.1) is 23.2 Å². The van der Waals surface area contributed by atoms with Gasteiger partial charge in [-0.3, -0.25) is 4.79 Å². The molecule has 2 rings (SSSR count). The van der Waals surface area contributed by atoms with E-state index >= 15 is 0 Å². The van der Waals surface area contributed by atoms with Crippen LogP contribution in [0.1, 0.15) is 28.4 Å². The molecule has 0 atom stereocenters. The van der Waals surface area contributed by atoms with E-state index in [9.17, 15) is 9.59 Å². The molecule has 0 aliphatic rings. The van der Waals surface area contributed by atoms with Crippen molar-refractivity contribution in [2.24, 2.45) is 0 Å². The summed E-state index contributed by atoms with van der Waals surface area (Å²) in [6.45, 7) is 4.03. The molecule has 0 N–H and O–H groups in total. The molecule has 0 saturated heterocycles. The minimum absolute atomic E-state index is 0.0295. The van der Waals surface area contributed by atoms with Crippen molar-refractivity contribution in [1.29, 1.82) is 0 Å². The standard InChI is InChI=1S/C16H15Cl2NO3/c1-3-22-16(21)12-6-10(2)8-19(15(12)20)9-11-4-5-13(17)14(18)7-11/h4-8H,3,9H2,1-2H3. The third kappa shape index (κ3) is 3.70. The summed E-state index contributed by atoms with van der Waals surface area (Å²) in [5, 5.41) is 0.875. The zero-order chi connectivity index (χ0) is 16.3. The van der Waals surface area contributed by atoms with Crippen molar-refractivity contribution in [3.8, 4) is 0 Å². The molecule has 0 aliphatic heterocycles. The second kappa shape index (κ2) is 6.99. The van der Waals surface area contributed by atoms with Crippen LogP contribution < -0.4 is 5.56 Å². The maximum Gasteiger partial charge on any atom is 0.343 e. The SMILES string of the molecule is CCOC(=O)c1cc(C)cn(Cc2ccc(Cl)c(Cl)c2)c1=O. The predicted molar refractivity (Wildman–Crippen MR) is 87.0 cm³/mol. The maximum atomic E-state index is 12.4. The van der Waals surface area contributed by atoms with Crippen LogP contribution in [0.25, 0.3) is 0 Å². The lowest BCUT2D eigenvalue weighted by molar-refractivity contribution is 0.0523. The zero-order valence-corrected chi connectivity index (χ0v) is 13.7. The molecule has 0 aliphatic carbocycles. The molecule has 2 aromatic rings. The molecular weight excluding hydrogens is 325 g/mol. The number of aryl methyl sites for hydroxylation is 1. The number of esters is 1. The Morgan fingerprint density at radius 3 is 2.59 bits per heavy atom. The van der Waals surface area contributed by atoms with Crippen molar-refractivity contribution in [2.45, 2.75) is 20.4 Å². The lowest BCUT2D eigenvalue weighted by Crippen LogP contribution is -2.27. The third-order valence-corrected chi connectivity index (χ3v) is 3.79. The molecule has 0 radical (unpaired) electrons. The van der Waals surface area contributed by atoms with Gasteiger partial charge in [-0.25, -0.2) is 4.79 Å². The number of aromatic nitrogens is 1. The molecular formula is C16H15Cl2NO3. The average molecular weight is 340 g/mol. The number of benzene rings is 1. The average Bonchev–Trinajstić information content (AvgIpc) is 2.46. The van der Waals surface area contributed by atoms with Crippen LogP contribution in [0.15, 0.2) is 35.3 Å². The molecule has 4 nitrogen and oxygen atoms in total. The van der Waals surface area contributed by atoms with Crippen LogP contribution in [0.3, 0.4) is 0 Å². The molecule has 0 bridgehead atoms.